The van der Waals surface area contributed by atoms with E-state index in [1.807, 2.05) is 0 Å². The van der Waals surface area contributed by atoms with Crippen molar-refractivity contribution in [3.63, 3.8) is 0 Å². The molecule has 3 nitrogen and oxygen atoms in total. The molecule has 19 heavy (non-hydrogen) atoms. The number of fused-ring (bicyclic) bond motifs is 1. The average molecular weight is 263 g/mol. The molecule has 1 N–H and O–H groups in total. The van der Waals surface area contributed by atoms with E-state index < -0.39 is 11.9 Å². The van der Waals surface area contributed by atoms with E-state index in [1.54, 1.807) is 30.6 Å². The number of hydrogen-bond donors (Lipinski definition) is 1. The molecule has 0 fully saturated rings. The molecule has 0 saturated carbocycles. The Morgan fingerprint density at radius 1 is 1.00 bits per heavy atom. The van der Waals surface area contributed by atoms with Crippen LogP contribution in [0.3, 0.4) is 0 Å². The van der Waals surface area contributed by atoms with E-state index in [0.717, 1.165) is 11.6 Å². The predicted molar refractivity (Wildman–Crippen MR) is 64.3 cm³/mol. The van der Waals surface area contributed by atoms with Crippen LogP contribution in [-0.2, 0) is 6.18 Å². The number of rotatable bonds is 1. The van der Waals surface area contributed by atoms with Gasteiger partial charge in [0.1, 0.15) is 11.3 Å². The van der Waals surface area contributed by atoms with Crippen LogP contribution in [0, 0.1) is 0 Å². The van der Waals surface area contributed by atoms with Gasteiger partial charge in [0.05, 0.1) is 0 Å². The Morgan fingerprint density at radius 2 is 1.74 bits per heavy atom. The molecule has 0 unspecified atom stereocenters. The Labute approximate surface area is 106 Å². The van der Waals surface area contributed by atoms with E-state index in [2.05, 4.69) is 15.0 Å². The van der Waals surface area contributed by atoms with Crippen molar-refractivity contribution in [2.45, 2.75) is 6.18 Å². The third kappa shape index (κ3) is 2.16. The van der Waals surface area contributed by atoms with Gasteiger partial charge in [-0.1, -0.05) is 0 Å². The highest BCUT2D eigenvalue weighted by molar-refractivity contribution is 5.83. The molecule has 3 heterocycles. The summed E-state index contributed by atoms with van der Waals surface area (Å²) in [4.78, 5) is 10.4. The highest BCUT2D eigenvalue weighted by Gasteiger charge is 2.32. The van der Waals surface area contributed by atoms with E-state index in [4.69, 9.17) is 0 Å². The van der Waals surface area contributed by atoms with Crippen LogP contribution in [0.25, 0.3) is 22.3 Å². The van der Waals surface area contributed by atoms with Crippen molar-refractivity contribution in [3.05, 3.63) is 48.4 Å². The maximum Gasteiger partial charge on any atom is 0.433 e. The molecule has 96 valence electrons. The van der Waals surface area contributed by atoms with Crippen molar-refractivity contribution in [2.24, 2.45) is 0 Å². The molecule has 0 radical (unpaired) electrons. The molecular weight excluding hydrogens is 255 g/mol. The maximum absolute atomic E-state index is 12.6. The van der Waals surface area contributed by atoms with Crippen molar-refractivity contribution in [1.29, 1.82) is 0 Å². The van der Waals surface area contributed by atoms with Gasteiger partial charge in [0, 0.05) is 29.0 Å². The summed E-state index contributed by atoms with van der Waals surface area (Å²) in [5.74, 6) is 0. The summed E-state index contributed by atoms with van der Waals surface area (Å²) in [5.41, 5.74) is 0.885. The fourth-order valence-corrected chi connectivity index (χ4v) is 1.85. The lowest BCUT2D eigenvalue weighted by Crippen LogP contribution is -2.07. The highest BCUT2D eigenvalue weighted by atomic mass is 19.4. The third-order valence-electron chi connectivity index (χ3n) is 2.76. The van der Waals surface area contributed by atoms with Crippen LogP contribution in [-0.4, -0.2) is 15.0 Å². The second-order valence-corrected chi connectivity index (χ2v) is 4.05. The van der Waals surface area contributed by atoms with Gasteiger partial charge in [0.25, 0.3) is 0 Å². The van der Waals surface area contributed by atoms with Crippen molar-refractivity contribution < 1.29 is 13.2 Å². The number of halogens is 3. The lowest BCUT2D eigenvalue weighted by Gasteiger charge is -2.04. The van der Waals surface area contributed by atoms with Crippen molar-refractivity contribution in [2.75, 3.05) is 0 Å². The monoisotopic (exact) mass is 263 g/mol. The highest BCUT2D eigenvalue weighted by Crippen LogP contribution is 2.30. The SMILES string of the molecule is FC(F)(F)c1ccc2cc(-c3ccncc3)[nH]c2n1. The molecule has 3 aromatic heterocycles. The minimum atomic E-state index is -4.43. The van der Waals surface area contributed by atoms with Crippen LogP contribution in [0.4, 0.5) is 13.2 Å². The Bertz CT molecular complexity index is 717. The molecule has 0 aromatic carbocycles. The second kappa shape index (κ2) is 4.08. The summed E-state index contributed by atoms with van der Waals surface area (Å²) in [7, 11) is 0. The first-order chi connectivity index (χ1) is 9.04. The zero-order valence-electron chi connectivity index (χ0n) is 9.57. The lowest BCUT2D eigenvalue weighted by atomic mass is 10.2. The van der Waals surface area contributed by atoms with E-state index in [0.29, 0.717) is 11.1 Å². The number of nitrogens with one attached hydrogen (secondary N) is 1. The number of pyridine rings is 2. The van der Waals surface area contributed by atoms with Crippen LogP contribution in [0.2, 0.25) is 0 Å². The van der Waals surface area contributed by atoms with Crippen LogP contribution in [0.5, 0.6) is 0 Å². The smallest absolute Gasteiger partial charge is 0.339 e. The number of aromatic nitrogens is 3. The van der Waals surface area contributed by atoms with E-state index in [-0.39, 0.29) is 5.65 Å². The molecule has 0 aliphatic rings. The largest absolute Gasteiger partial charge is 0.433 e. The van der Waals surface area contributed by atoms with Crippen molar-refractivity contribution in [1.82, 2.24) is 15.0 Å². The normalized spacial score (nSPS) is 11.9. The first-order valence-corrected chi connectivity index (χ1v) is 5.51. The fourth-order valence-electron chi connectivity index (χ4n) is 1.85. The summed E-state index contributed by atoms with van der Waals surface area (Å²) in [6, 6.07) is 7.70. The Balaban J connectivity index is 2.12. The zero-order chi connectivity index (χ0) is 13.5. The van der Waals surface area contributed by atoms with E-state index in [1.165, 1.54) is 6.07 Å². The van der Waals surface area contributed by atoms with Crippen LogP contribution < -0.4 is 0 Å². The summed E-state index contributed by atoms with van der Waals surface area (Å²) < 4.78 is 37.7. The summed E-state index contributed by atoms with van der Waals surface area (Å²) >= 11 is 0. The van der Waals surface area contributed by atoms with Gasteiger partial charge in [-0.15, -0.1) is 0 Å². The van der Waals surface area contributed by atoms with Gasteiger partial charge in [-0.25, -0.2) is 4.98 Å². The molecule has 0 saturated heterocycles. The van der Waals surface area contributed by atoms with E-state index in [9.17, 15) is 13.2 Å². The van der Waals surface area contributed by atoms with E-state index >= 15 is 0 Å². The maximum atomic E-state index is 12.6. The van der Waals surface area contributed by atoms with Gasteiger partial charge in [0.15, 0.2) is 0 Å². The lowest BCUT2D eigenvalue weighted by molar-refractivity contribution is -0.141. The first-order valence-electron chi connectivity index (χ1n) is 5.51. The Morgan fingerprint density at radius 3 is 2.42 bits per heavy atom. The van der Waals surface area contributed by atoms with Gasteiger partial charge in [-0.3, -0.25) is 4.98 Å². The Kier molecular flexibility index (Phi) is 2.51. The third-order valence-corrected chi connectivity index (χ3v) is 2.76. The quantitative estimate of drug-likeness (QED) is 0.728. The van der Waals surface area contributed by atoms with Crippen LogP contribution in [0.1, 0.15) is 5.69 Å². The molecule has 0 amide bonds. The molecule has 0 atom stereocenters. The average Bonchev–Trinajstić information content (AvgIpc) is 2.81. The summed E-state index contributed by atoms with van der Waals surface area (Å²) in [6.45, 7) is 0. The summed E-state index contributed by atoms with van der Waals surface area (Å²) in [5, 5.41) is 0.639. The summed E-state index contributed by atoms with van der Waals surface area (Å²) in [6.07, 6.45) is -1.19. The second-order valence-electron chi connectivity index (χ2n) is 4.05. The standard InChI is InChI=1S/C13H8F3N3/c14-13(15,16)11-2-1-9-7-10(18-12(9)19-11)8-3-5-17-6-4-8/h1-7H,(H,18,19). The van der Waals surface area contributed by atoms with Gasteiger partial charge >= 0.3 is 6.18 Å². The zero-order valence-corrected chi connectivity index (χ0v) is 9.57. The molecular formula is C13H8F3N3. The number of hydrogen-bond acceptors (Lipinski definition) is 2. The van der Waals surface area contributed by atoms with Gasteiger partial charge in [-0.05, 0) is 30.3 Å². The predicted octanol–water partition coefficient (Wildman–Crippen LogP) is 3.64. The van der Waals surface area contributed by atoms with Crippen LogP contribution >= 0.6 is 0 Å². The topological polar surface area (TPSA) is 41.6 Å². The molecule has 0 bridgehead atoms. The molecule has 6 heteroatoms. The number of alkyl halides is 3. The van der Waals surface area contributed by atoms with Crippen LogP contribution in [0.15, 0.2) is 42.7 Å². The van der Waals surface area contributed by atoms with Gasteiger partial charge in [0.2, 0.25) is 0 Å². The van der Waals surface area contributed by atoms with Crippen molar-refractivity contribution in [3.8, 4) is 11.3 Å². The Hall–Kier alpha value is -2.37. The number of aromatic amines is 1. The minimum Gasteiger partial charge on any atom is -0.339 e. The van der Waals surface area contributed by atoms with Gasteiger partial charge in [-0.2, -0.15) is 13.2 Å². The molecule has 0 aliphatic heterocycles. The number of H-pyrrole nitrogens is 1. The fraction of sp³-hybridized carbons (Fsp3) is 0.0769. The first kappa shape index (κ1) is 11.7. The van der Waals surface area contributed by atoms with Gasteiger partial charge < -0.3 is 4.98 Å². The molecule has 0 aliphatic carbocycles. The molecule has 3 aromatic rings. The molecule has 0 spiro atoms. The molecule has 3 rings (SSSR count). The number of nitrogens with zero attached hydrogens (tertiary/aromatic N) is 2. The van der Waals surface area contributed by atoms with Crippen molar-refractivity contribution >= 4 is 11.0 Å². The minimum absolute atomic E-state index is 0.224.